The molecule has 0 aliphatic rings. The number of benzene rings is 2. The fourth-order valence-electron chi connectivity index (χ4n) is 3.00. The number of nitrogens with zero attached hydrogens (tertiary/aromatic N) is 1. The van der Waals surface area contributed by atoms with E-state index in [1.54, 1.807) is 32.2 Å². The number of nitrogens with one attached hydrogen (secondary N) is 1. The summed E-state index contributed by atoms with van der Waals surface area (Å²) < 4.78 is 31.0. The van der Waals surface area contributed by atoms with Crippen LogP contribution in [0.4, 0.5) is 5.69 Å². The summed E-state index contributed by atoms with van der Waals surface area (Å²) in [6.07, 6.45) is 1.76. The van der Waals surface area contributed by atoms with Crippen LogP contribution < -0.4 is 14.4 Å². The zero-order chi connectivity index (χ0) is 21.6. The van der Waals surface area contributed by atoms with Crippen molar-refractivity contribution in [3.8, 4) is 5.75 Å². The zero-order valence-electron chi connectivity index (χ0n) is 17.1. The number of ether oxygens (including phenoxy) is 1. The first-order valence-corrected chi connectivity index (χ1v) is 11.5. The van der Waals surface area contributed by atoms with Gasteiger partial charge in [0.15, 0.2) is 0 Å². The molecule has 0 unspecified atom stereocenters. The van der Waals surface area contributed by atoms with Crippen molar-refractivity contribution >= 4 is 33.2 Å². The summed E-state index contributed by atoms with van der Waals surface area (Å²) in [6, 6.07) is 12.5. The molecule has 1 N–H and O–H groups in total. The van der Waals surface area contributed by atoms with Crippen LogP contribution in [0.5, 0.6) is 5.75 Å². The molecule has 2 aromatic rings. The Labute approximate surface area is 177 Å². The van der Waals surface area contributed by atoms with Gasteiger partial charge in [0.05, 0.1) is 25.1 Å². The van der Waals surface area contributed by atoms with Gasteiger partial charge in [-0.25, -0.2) is 8.42 Å². The fourth-order valence-corrected chi connectivity index (χ4v) is 4.19. The number of carbonyl (C=O) groups excluding carboxylic acids is 1. The molecule has 0 spiro atoms. The molecule has 1 amide bonds. The van der Waals surface area contributed by atoms with Gasteiger partial charge in [-0.05, 0) is 55.7 Å². The Morgan fingerprint density at radius 2 is 1.86 bits per heavy atom. The minimum absolute atomic E-state index is 0.135. The van der Waals surface area contributed by atoms with Gasteiger partial charge in [-0.1, -0.05) is 29.8 Å². The molecule has 29 heavy (non-hydrogen) atoms. The lowest BCUT2D eigenvalue weighted by Gasteiger charge is -2.24. The highest BCUT2D eigenvalue weighted by molar-refractivity contribution is 7.92. The van der Waals surface area contributed by atoms with Gasteiger partial charge in [0, 0.05) is 18.0 Å². The topological polar surface area (TPSA) is 75.7 Å². The van der Waals surface area contributed by atoms with Crippen molar-refractivity contribution in [2.45, 2.75) is 32.7 Å². The van der Waals surface area contributed by atoms with Crippen LogP contribution in [0.2, 0.25) is 5.02 Å². The van der Waals surface area contributed by atoms with Crippen molar-refractivity contribution in [2.75, 3.05) is 24.2 Å². The molecular formula is C21H27ClN2O4S. The van der Waals surface area contributed by atoms with Crippen LogP contribution in [-0.4, -0.2) is 34.2 Å². The van der Waals surface area contributed by atoms with Crippen LogP contribution in [-0.2, 0) is 14.8 Å². The minimum atomic E-state index is -3.50. The molecule has 0 aromatic heterocycles. The van der Waals surface area contributed by atoms with Crippen molar-refractivity contribution in [2.24, 2.45) is 0 Å². The summed E-state index contributed by atoms with van der Waals surface area (Å²) >= 11 is 6.13. The van der Waals surface area contributed by atoms with E-state index in [1.165, 1.54) is 4.31 Å². The minimum Gasteiger partial charge on any atom is -0.497 e. The Balaban J connectivity index is 1.96. The third-order valence-electron chi connectivity index (χ3n) is 4.67. The Bertz CT molecular complexity index is 946. The van der Waals surface area contributed by atoms with E-state index in [1.807, 2.05) is 31.2 Å². The molecule has 0 fully saturated rings. The molecule has 0 saturated heterocycles. The Morgan fingerprint density at radius 3 is 2.45 bits per heavy atom. The van der Waals surface area contributed by atoms with E-state index in [2.05, 4.69) is 5.32 Å². The Kier molecular flexibility index (Phi) is 7.93. The van der Waals surface area contributed by atoms with Gasteiger partial charge in [0.2, 0.25) is 15.9 Å². The Hall–Kier alpha value is -2.25. The van der Waals surface area contributed by atoms with Gasteiger partial charge in [0.1, 0.15) is 5.75 Å². The van der Waals surface area contributed by atoms with E-state index < -0.39 is 10.0 Å². The van der Waals surface area contributed by atoms with Crippen LogP contribution in [0.1, 0.15) is 36.9 Å². The van der Waals surface area contributed by atoms with Crippen LogP contribution in [0.3, 0.4) is 0 Å². The van der Waals surface area contributed by atoms with E-state index in [9.17, 15) is 13.2 Å². The largest absolute Gasteiger partial charge is 0.497 e. The van der Waals surface area contributed by atoms with E-state index in [0.29, 0.717) is 22.7 Å². The quantitative estimate of drug-likeness (QED) is 0.640. The standard InChI is InChI=1S/C21H27ClN2O4S/c1-15-19(22)7-5-8-20(15)24(29(4,26)27)14-6-9-21(25)23-16(2)17-10-12-18(28-3)13-11-17/h5,7-8,10-13,16H,6,9,14H2,1-4H3,(H,23,25)/t16-/m0/s1. The van der Waals surface area contributed by atoms with E-state index in [0.717, 1.165) is 17.6 Å². The molecule has 0 aliphatic carbocycles. The van der Waals surface area contributed by atoms with Gasteiger partial charge < -0.3 is 10.1 Å². The number of hydrogen-bond acceptors (Lipinski definition) is 4. The van der Waals surface area contributed by atoms with Gasteiger partial charge in [-0.15, -0.1) is 0 Å². The maximum absolute atomic E-state index is 12.3. The molecule has 158 valence electrons. The van der Waals surface area contributed by atoms with E-state index >= 15 is 0 Å². The molecule has 8 heteroatoms. The van der Waals surface area contributed by atoms with Gasteiger partial charge in [-0.3, -0.25) is 9.10 Å². The normalized spacial score (nSPS) is 12.3. The van der Waals surface area contributed by atoms with Crippen molar-refractivity contribution in [1.82, 2.24) is 5.32 Å². The number of amides is 1. The third-order valence-corrected chi connectivity index (χ3v) is 6.26. The van der Waals surface area contributed by atoms with Gasteiger partial charge in [-0.2, -0.15) is 0 Å². The summed E-state index contributed by atoms with van der Waals surface area (Å²) in [4.78, 5) is 12.3. The second kappa shape index (κ2) is 9.98. The second-order valence-corrected chi connectivity index (χ2v) is 9.20. The lowest BCUT2D eigenvalue weighted by molar-refractivity contribution is -0.121. The summed E-state index contributed by atoms with van der Waals surface area (Å²) in [5, 5.41) is 3.44. The predicted molar refractivity (Wildman–Crippen MR) is 117 cm³/mol. The molecule has 0 radical (unpaired) electrons. The number of rotatable bonds is 9. The first-order chi connectivity index (χ1) is 13.6. The number of halogens is 1. The van der Waals surface area contributed by atoms with E-state index in [-0.39, 0.29) is 24.9 Å². The molecular weight excluding hydrogens is 412 g/mol. The van der Waals surface area contributed by atoms with Crippen molar-refractivity contribution in [3.63, 3.8) is 0 Å². The monoisotopic (exact) mass is 438 g/mol. The van der Waals surface area contributed by atoms with Crippen LogP contribution in [0, 0.1) is 6.92 Å². The summed E-state index contributed by atoms with van der Waals surface area (Å²) in [5.41, 5.74) is 2.19. The molecule has 2 aromatic carbocycles. The maximum atomic E-state index is 12.3. The number of sulfonamides is 1. The smallest absolute Gasteiger partial charge is 0.232 e. The number of anilines is 1. The second-order valence-electron chi connectivity index (χ2n) is 6.89. The summed E-state index contributed by atoms with van der Waals surface area (Å²) in [7, 11) is -1.89. The first-order valence-electron chi connectivity index (χ1n) is 9.29. The highest BCUT2D eigenvalue weighted by Crippen LogP contribution is 2.28. The average molecular weight is 439 g/mol. The van der Waals surface area contributed by atoms with Gasteiger partial charge >= 0.3 is 0 Å². The van der Waals surface area contributed by atoms with Crippen LogP contribution in [0.25, 0.3) is 0 Å². The van der Waals surface area contributed by atoms with Crippen molar-refractivity contribution in [3.05, 3.63) is 58.6 Å². The third kappa shape index (κ3) is 6.37. The molecule has 1 atom stereocenters. The zero-order valence-corrected chi connectivity index (χ0v) is 18.7. The van der Waals surface area contributed by atoms with Gasteiger partial charge in [0.25, 0.3) is 0 Å². The lowest BCUT2D eigenvalue weighted by atomic mass is 10.1. The lowest BCUT2D eigenvalue weighted by Crippen LogP contribution is -2.33. The summed E-state index contributed by atoms with van der Waals surface area (Å²) in [6.45, 7) is 3.88. The highest BCUT2D eigenvalue weighted by Gasteiger charge is 2.20. The molecule has 0 heterocycles. The molecule has 0 saturated carbocycles. The molecule has 6 nitrogen and oxygen atoms in total. The number of methoxy groups -OCH3 is 1. The fraction of sp³-hybridized carbons (Fsp3) is 0.381. The Morgan fingerprint density at radius 1 is 1.21 bits per heavy atom. The number of hydrogen-bond donors (Lipinski definition) is 1. The molecule has 2 rings (SSSR count). The SMILES string of the molecule is COc1ccc([C@H](C)NC(=O)CCCN(c2cccc(Cl)c2C)S(C)(=O)=O)cc1. The van der Waals surface area contributed by atoms with Crippen LogP contribution in [0.15, 0.2) is 42.5 Å². The van der Waals surface area contributed by atoms with Crippen LogP contribution >= 0.6 is 11.6 Å². The predicted octanol–water partition coefficient (Wildman–Crippen LogP) is 4.08. The maximum Gasteiger partial charge on any atom is 0.232 e. The molecule has 0 aliphatic heterocycles. The number of carbonyl (C=O) groups is 1. The van der Waals surface area contributed by atoms with Crippen molar-refractivity contribution < 1.29 is 17.9 Å². The molecule has 0 bridgehead atoms. The van der Waals surface area contributed by atoms with E-state index in [4.69, 9.17) is 16.3 Å². The highest BCUT2D eigenvalue weighted by atomic mass is 35.5. The average Bonchev–Trinajstić information content (AvgIpc) is 2.67. The first kappa shape index (κ1) is 23.0. The van der Waals surface area contributed by atoms with Crippen molar-refractivity contribution in [1.29, 1.82) is 0 Å². The summed E-state index contributed by atoms with van der Waals surface area (Å²) in [5.74, 6) is 0.619.